The number of carbonyl (C=O) groups excluding carboxylic acids is 13. The van der Waals surface area contributed by atoms with Crippen molar-refractivity contribution in [3.05, 3.63) is 167 Å². The molecule has 5 heterocycles. The molecule has 28 heteroatoms. The molecule has 7 aromatic rings. The summed E-state index contributed by atoms with van der Waals surface area (Å²) < 4.78 is 0. The highest BCUT2D eigenvalue weighted by Crippen LogP contribution is 2.25. The Balaban J connectivity index is 1.02. The summed E-state index contributed by atoms with van der Waals surface area (Å²) in [5.74, 6) is -11.4. The van der Waals surface area contributed by atoms with Gasteiger partial charge in [0.05, 0.1) is 6.42 Å². The lowest BCUT2D eigenvalue weighted by Gasteiger charge is -2.31. The lowest BCUT2D eigenvalue weighted by molar-refractivity contribution is -0.142. The van der Waals surface area contributed by atoms with Crippen molar-refractivity contribution in [2.75, 3.05) is 19.6 Å². The zero-order valence-electron chi connectivity index (χ0n) is 58.7. The van der Waals surface area contributed by atoms with Crippen LogP contribution in [0, 0.1) is 5.92 Å². The van der Waals surface area contributed by atoms with Gasteiger partial charge in [0.1, 0.15) is 60.4 Å². The molecule has 4 aliphatic heterocycles. The van der Waals surface area contributed by atoms with Gasteiger partial charge in [0.15, 0.2) is 0 Å². The molecule has 11 rings (SSSR count). The molecule has 4 saturated heterocycles. The molecular weight excluding hydrogens is 1360 g/mol. The van der Waals surface area contributed by atoms with Gasteiger partial charge in [-0.15, -0.1) is 0 Å². The molecule has 4 aliphatic rings. The van der Waals surface area contributed by atoms with Crippen LogP contribution in [0.4, 0.5) is 0 Å². The average molecular weight is 1450 g/mol. The number of halogens is 1. The van der Waals surface area contributed by atoms with Crippen LogP contribution < -0.4 is 64.2 Å². The van der Waals surface area contributed by atoms with Gasteiger partial charge in [-0.3, -0.25) is 62.3 Å². The Morgan fingerprint density at radius 2 is 1.16 bits per heavy atom. The van der Waals surface area contributed by atoms with Gasteiger partial charge >= 0.3 is 0 Å². The van der Waals surface area contributed by atoms with E-state index in [0.717, 1.165) is 21.5 Å². The van der Waals surface area contributed by atoms with Crippen LogP contribution in [-0.4, -0.2) is 167 Å². The van der Waals surface area contributed by atoms with Gasteiger partial charge in [-0.25, -0.2) is 0 Å². The zero-order valence-corrected chi connectivity index (χ0v) is 59.4. The predicted octanol–water partition coefficient (Wildman–Crippen LogP) is 2.90. The molecule has 552 valence electrons. The Morgan fingerprint density at radius 3 is 1.85 bits per heavy atom. The quantitative estimate of drug-likeness (QED) is 0.0551. The average Bonchev–Trinajstić information content (AvgIpc) is 1.54. The number of carbonyl (C=O) groups is 13. The second kappa shape index (κ2) is 35.8. The summed E-state index contributed by atoms with van der Waals surface area (Å²) in [6, 6.07) is 24.7. The molecule has 2 bridgehead atoms. The number of primary amides is 1. The number of rotatable bonds is 18. The standard InChI is InChI=1S/C77H89ClN14O13/c1-43(2)33-58-70(98)85-57-19-10-11-31-80-66(94)30-29-56(69(97)87-61(73(101)86-58)38-47-22-26-49-14-5-7-16-51(49)35-47)84-75(103)63(40-67(95)82-42-64(68(79)96)91-76(104)65-20-12-32-92(65)77(57)105)90-74(102)62(39-52-41-81-55-18-9-8-17-54(52)55)89-72(100)60(36-45-23-27-53(78)28-24-45)88-71(99)59(83-44(3)93)37-46-21-25-48-13-4-6-15-50(48)34-46/h4-9,13-18,21-28,34-35,41,43,56-65,81H,10-12,19-20,29-33,36-40,42H2,1-3H3,(H2,79,96)(H,80,94)(H,82,95)(H,83,93)(H,84,103)(H,85,98)(H,86,101)(H,87,97)(H,88,99)(H,89,100)(H,90,102)(H,91,104)/t56-,57-,58-,59-,60+,61+,62+,63+,64-,65-/m0/s1. The number of benzene rings is 6. The molecule has 0 unspecified atom stereocenters. The minimum atomic E-state index is -2.00. The summed E-state index contributed by atoms with van der Waals surface area (Å²) in [5, 5.41) is 34.5. The Labute approximate surface area is 611 Å². The van der Waals surface area contributed by atoms with Gasteiger partial charge in [0, 0.05) is 80.8 Å². The normalized spacial score (nSPS) is 21.5. The summed E-state index contributed by atoms with van der Waals surface area (Å²) in [6.45, 7) is 4.36. The second-order valence-electron chi connectivity index (χ2n) is 27.5. The third kappa shape index (κ3) is 21.0. The van der Waals surface area contributed by atoms with E-state index in [1.807, 2.05) is 92.7 Å². The maximum Gasteiger partial charge on any atom is 0.245 e. The first-order chi connectivity index (χ1) is 50.4. The number of amides is 13. The van der Waals surface area contributed by atoms with Crippen LogP contribution >= 0.6 is 11.6 Å². The highest BCUT2D eigenvalue weighted by atomic mass is 35.5. The van der Waals surface area contributed by atoms with E-state index in [4.69, 9.17) is 17.3 Å². The second-order valence-corrected chi connectivity index (χ2v) is 28.0. The van der Waals surface area contributed by atoms with E-state index >= 15 is 24.0 Å². The summed E-state index contributed by atoms with van der Waals surface area (Å²) in [6.07, 6.45) is 0.247. The van der Waals surface area contributed by atoms with Crippen LogP contribution in [0.15, 0.2) is 140 Å². The van der Waals surface area contributed by atoms with Gasteiger partial charge in [0.2, 0.25) is 76.8 Å². The predicted molar refractivity (Wildman–Crippen MR) is 393 cm³/mol. The van der Waals surface area contributed by atoms with E-state index in [-0.39, 0.29) is 76.8 Å². The van der Waals surface area contributed by atoms with Crippen molar-refractivity contribution in [2.45, 2.75) is 165 Å². The van der Waals surface area contributed by atoms with Gasteiger partial charge in [-0.1, -0.05) is 141 Å². The SMILES string of the molecule is CC(=O)N[C@@H](Cc1ccc2ccccc2c1)C(=O)N[C@H](Cc1ccc(Cl)cc1)C(=O)N[C@H](Cc1c[nH]c2ccccc12)C(=O)N[C@@H]1CC(=O)NC[C@@H](C(N)=O)NC(=O)[C@@H]2CCCN2C(=O)[C@@H]2CCCCNC(=O)CC[C@H](NC1=O)C(=O)N[C@H](Cc1ccc3ccccc3c1)C(=O)N[C@@H](CC(C)C)C(=O)N2. The Hall–Kier alpha value is -11.2. The fourth-order valence-electron chi connectivity index (χ4n) is 13.5. The van der Waals surface area contributed by atoms with E-state index in [0.29, 0.717) is 44.6 Å². The molecule has 10 atom stereocenters. The number of fused-ring (bicyclic) bond motifs is 26. The van der Waals surface area contributed by atoms with E-state index in [9.17, 15) is 38.4 Å². The maximum absolute atomic E-state index is 15.6. The van der Waals surface area contributed by atoms with Gasteiger partial charge in [0.25, 0.3) is 0 Å². The molecule has 27 nitrogen and oxygen atoms in total. The largest absolute Gasteiger partial charge is 0.368 e. The van der Waals surface area contributed by atoms with Crippen molar-refractivity contribution in [3.8, 4) is 0 Å². The summed E-state index contributed by atoms with van der Waals surface area (Å²) in [5.41, 5.74) is 8.79. The molecule has 1 aromatic heterocycles. The molecule has 0 aliphatic carbocycles. The molecule has 0 saturated carbocycles. The van der Waals surface area contributed by atoms with Crippen molar-refractivity contribution < 1.29 is 62.3 Å². The number of aromatic amines is 1. The van der Waals surface area contributed by atoms with Crippen LogP contribution in [0.3, 0.4) is 0 Å². The monoisotopic (exact) mass is 1450 g/mol. The minimum absolute atomic E-state index is 0.00356. The highest BCUT2D eigenvalue weighted by Gasteiger charge is 2.41. The van der Waals surface area contributed by atoms with Crippen molar-refractivity contribution in [1.82, 2.24) is 68.4 Å². The van der Waals surface area contributed by atoms with Crippen molar-refractivity contribution >= 4 is 121 Å². The number of H-pyrrole nitrogens is 1. The van der Waals surface area contributed by atoms with Gasteiger partial charge < -0.3 is 74.1 Å². The smallest absolute Gasteiger partial charge is 0.245 e. The Morgan fingerprint density at radius 1 is 0.562 bits per heavy atom. The van der Waals surface area contributed by atoms with Crippen LogP contribution in [0.2, 0.25) is 5.02 Å². The van der Waals surface area contributed by atoms with E-state index in [2.05, 4.69) is 63.5 Å². The molecule has 14 N–H and O–H groups in total. The summed E-state index contributed by atoms with van der Waals surface area (Å²) in [7, 11) is 0. The van der Waals surface area contributed by atoms with E-state index < -0.39 is 163 Å². The Kier molecular flexibility index (Phi) is 26.0. The first-order valence-electron chi connectivity index (χ1n) is 35.5. The fraction of sp³-hybridized carbons (Fsp3) is 0.390. The van der Waals surface area contributed by atoms with Crippen LogP contribution in [0.5, 0.6) is 0 Å². The fourth-order valence-corrected chi connectivity index (χ4v) is 13.7. The molecule has 0 radical (unpaired) electrons. The third-order valence-corrected chi connectivity index (χ3v) is 19.3. The first-order valence-corrected chi connectivity index (χ1v) is 35.9. The Bertz CT molecular complexity index is 4410. The van der Waals surface area contributed by atoms with Gasteiger partial charge in [-0.2, -0.15) is 0 Å². The maximum atomic E-state index is 15.6. The first kappa shape index (κ1) is 76.4. The number of nitrogens with two attached hydrogens (primary N) is 1. The number of hydrogen-bond donors (Lipinski definition) is 13. The zero-order chi connectivity index (χ0) is 74.8. The highest BCUT2D eigenvalue weighted by molar-refractivity contribution is 6.30. The number of para-hydroxylation sites is 1. The third-order valence-electron chi connectivity index (χ3n) is 19.1. The van der Waals surface area contributed by atoms with Crippen LogP contribution in [0.1, 0.15) is 101 Å². The summed E-state index contributed by atoms with van der Waals surface area (Å²) in [4.78, 5) is 194. The summed E-state index contributed by atoms with van der Waals surface area (Å²) >= 11 is 6.31. The molecule has 105 heavy (non-hydrogen) atoms. The molecule has 13 amide bonds. The van der Waals surface area contributed by atoms with E-state index in [1.165, 1.54) is 11.8 Å². The van der Waals surface area contributed by atoms with Gasteiger partial charge in [-0.05, 0) is 113 Å². The number of aromatic nitrogens is 1. The number of nitrogens with one attached hydrogen (secondary N) is 12. The molecule has 4 fully saturated rings. The minimum Gasteiger partial charge on any atom is -0.368 e. The number of hydrogen-bond acceptors (Lipinski definition) is 13. The molecule has 0 spiro atoms. The lowest BCUT2D eigenvalue weighted by atomic mass is 9.98. The van der Waals surface area contributed by atoms with Crippen LogP contribution in [-0.2, 0) is 88.0 Å². The van der Waals surface area contributed by atoms with Crippen molar-refractivity contribution in [1.29, 1.82) is 0 Å². The number of nitrogens with zero attached hydrogens (tertiary/aromatic N) is 1. The van der Waals surface area contributed by atoms with E-state index in [1.54, 1.807) is 60.8 Å². The molecule has 6 aromatic carbocycles. The topological polar surface area (TPSA) is 399 Å². The lowest BCUT2D eigenvalue weighted by Crippen LogP contribution is -2.61. The van der Waals surface area contributed by atoms with Crippen molar-refractivity contribution in [2.24, 2.45) is 11.7 Å². The van der Waals surface area contributed by atoms with Crippen molar-refractivity contribution in [3.63, 3.8) is 0 Å². The molecular formula is C77H89ClN14O13. The van der Waals surface area contributed by atoms with Crippen LogP contribution in [0.25, 0.3) is 32.4 Å².